The van der Waals surface area contributed by atoms with Crippen LogP contribution in [0.15, 0.2) is 22.7 Å². The van der Waals surface area contributed by atoms with E-state index in [2.05, 4.69) is 20.8 Å². The predicted octanol–water partition coefficient (Wildman–Crippen LogP) is 2.37. The van der Waals surface area contributed by atoms with Gasteiger partial charge in [-0.3, -0.25) is 4.79 Å². The summed E-state index contributed by atoms with van der Waals surface area (Å²) in [6.45, 7) is 6.34. The van der Waals surface area contributed by atoms with E-state index in [0.29, 0.717) is 23.0 Å². The van der Waals surface area contributed by atoms with Crippen LogP contribution in [-0.4, -0.2) is 22.6 Å². The highest BCUT2D eigenvalue weighted by atomic mass is 16.5. The Morgan fingerprint density at radius 3 is 2.68 bits per heavy atom. The lowest BCUT2D eigenvalue weighted by atomic mass is 10.2. The van der Waals surface area contributed by atoms with Crippen LogP contribution in [0, 0.1) is 13.8 Å². The number of pyridine rings is 1. The molecular weight excluding hydrogens is 244 g/mol. The van der Waals surface area contributed by atoms with Crippen molar-refractivity contribution in [3.63, 3.8) is 0 Å². The molecule has 0 fully saturated rings. The molecule has 0 aliphatic rings. The summed E-state index contributed by atoms with van der Waals surface area (Å²) in [6.07, 6.45) is 0. The number of nitrogens with one attached hydrogen (secondary N) is 2. The molecule has 0 bridgehead atoms. The third kappa shape index (κ3) is 3.31. The molecule has 0 atom stereocenters. The van der Waals surface area contributed by atoms with Gasteiger partial charge in [0, 0.05) is 23.9 Å². The van der Waals surface area contributed by atoms with E-state index >= 15 is 0 Å². The van der Waals surface area contributed by atoms with Gasteiger partial charge in [0.2, 0.25) is 0 Å². The monoisotopic (exact) mass is 260 g/mol. The molecule has 0 saturated heterocycles. The summed E-state index contributed by atoms with van der Waals surface area (Å²) in [5, 5.41) is 9.49. The number of carbonyl (C=O) groups is 1. The maximum atomic E-state index is 12.1. The summed E-state index contributed by atoms with van der Waals surface area (Å²) in [5.41, 5.74) is 1.31. The third-order valence-corrected chi connectivity index (χ3v) is 2.44. The van der Waals surface area contributed by atoms with Crippen molar-refractivity contribution in [3.05, 3.63) is 35.2 Å². The lowest BCUT2D eigenvalue weighted by Gasteiger charge is -2.07. The fourth-order valence-corrected chi connectivity index (χ4v) is 1.69. The molecule has 0 aromatic carbocycles. The number of anilines is 2. The van der Waals surface area contributed by atoms with E-state index in [9.17, 15) is 4.79 Å². The zero-order valence-corrected chi connectivity index (χ0v) is 11.2. The van der Waals surface area contributed by atoms with Crippen LogP contribution < -0.4 is 10.6 Å². The molecule has 1 amide bonds. The van der Waals surface area contributed by atoms with E-state index in [0.717, 1.165) is 12.2 Å². The Morgan fingerprint density at radius 1 is 1.26 bits per heavy atom. The van der Waals surface area contributed by atoms with Crippen molar-refractivity contribution in [1.82, 2.24) is 10.1 Å². The van der Waals surface area contributed by atoms with Crippen molar-refractivity contribution in [2.24, 2.45) is 0 Å². The summed E-state index contributed by atoms with van der Waals surface area (Å²) < 4.78 is 4.90. The average molecular weight is 260 g/mol. The summed E-state index contributed by atoms with van der Waals surface area (Å²) >= 11 is 0. The first-order chi connectivity index (χ1) is 9.08. The summed E-state index contributed by atoms with van der Waals surface area (Å²) in [6, 6.07) is 5.10. The van der Waals surface area contributed by atoms with Gasteiger partial charge in [-0.05, 0) is 32.9 Å². The van der Waals surface area contributed by atoms with E-state index in [4.69, 9.17) is 4.52 Å². The van der Waals surface area contributed by atoms with Crippen molar-refractivity contribution >= 4 is 17.5 Å². The summed E-state index contributed by atoms with van der Waals surface area (Å²) in [7, 11) is 0. The van der Waals surface area contributed by atoms with Crippen LogP contribution in [0.1, 0.15) is 28.7 Å². The first-order valence-corrected chi connectivity index (χ1v) is 6.05. The molecule has 19 heavy (non-hydrogen) atoms. The van der Waals surface area contributed by atoms with Crippen LogP contribution in [0.2, 0.25) is 0 Å². The van der Waals surface area contributed by atoms with E-state index in [1.54, 1.807) is 25.1 Å². The van der Waals surface area contributed by atoms with Crippen LogP contribution in [0.3, 0.4) is 0 Å². The van der Waals surface area contributed by atoms with Crippen LogP contribution >= 0.6 is 0 Å². The van der Waals surface area contributed by atoms with Crippen molar-refractivity contribution in [2.75, 3.05) is 17.2 Å². The van der Waals surface area contributed by atoms with Crippen LogP contribution in [0.25, 0.3) is 0 Å². The van der Waals surface area contributed by atoms with Crippen LogP contribution in [-0.2, 0) is 0 Å². The number of carbonyl (C=O) groups excluding carboxylic acids is 1. The topological polar surface area (TPSA) is 80.0 Å². The molecule has 0 radical (unpaired) electrons. The fraction of sp³-hybridized carbons (Fsp3) is 0.308. The van der Waals surface area contributed by atoms with E-state index in [-0.39, 0.29) is 5.91 Å². The minimum atomic E-state index is -0.238. The zero-order valence-electron chi connectivity index (χ0n) is 11.2. The molecule has 2 aromatic heterocycles. The quantitative estimate of drug-likeness (QED) is 0.882. The molecule has 2 aromatic rings. The number of rotatable bonds is 4. The second-order valence-corrected chi connectivity index (χ2v) is 4.19. The molecule has 6 heteroatoms. The van der Waals surface area contributed by atoms with Gasteiger partial charge < -0.3 is 15.2 Å². The number of hydrogen-bond donors (Lipinski definition) is 2. The smallest absolute Gasteiger partial charge is 0.257 e. The molecular formula is C13H16N4O2. The van der Waals surface area contributed by atoms with E-state index < -0.39 is 0 Å². The predicted molar refractivity (Wildman–Crippen MR) is 72.3 cm³/mol. The Balaban J connectivity index is 2.18. The van der Waals surface area contributed by atoms with Crippen LogP contribution in [0.4, 0.5) is 11.6 Å². The Morgan fingerprint density at radius 2 is 2.05 bits per heavy atom. The number of nitrogens with zero attached hydrogens (tertiary/aromatic N) is 2. The van der Waals surface area contributed by atoms with Gasteiger partial charge in [-0.15, -0.1) is 0 Å². The minimum Gasteiger partial charge on any atom is -0.370 e. The molecule has 0 saturated carbocycles. The van der Waals surface area contributed by atoms with E-state index in [1.807, 2.05) is 13.8 Å². The summed E-state index contributed by atoms with van der Waals surface area (Å²) in [4.78, 5) is 16.4. The third-order valence-electron chi connectivity index (χ3n) is 2.44. The van der Waals surface area contributed by atoms with Gasteiger partial charge in [0.05, 0.1) is 0 Å². The number of aromatic nitrogens is 2. The van der Waals surface area contributed by atoms with Gasteiger partial charge in [-0.2, -0.15) is 0 Å². The second-order valence-electron chi connectivity index (χ2n) is 4.19. The number of hydrogen-bond acceptors (Lipinski definition) is 5. The summed E-state index contributed by atoms with van der Waals surface area (Å²) in [5.74, 6) is 1.50. The van der Waals surface area contributed by atoms with E-state index in [1.165, 1.54) is 0 Å². The number of aryl methyl sites for hydroxylation is 2. The standard InChI is InChI=1S/C13H16N4O2/c1-4-14-11-7-10(5-8(2)15-11)13(18)16-12-6-9(3)19-17-12/h5-7H,4H2,1-3H3,(H,14,15)(H,16,17,18). The first kappa shape index (κ1) is 13.1. The molecule has 0 spiro atoms. The highest BCUT2D eigenvalue weighted by Gasteiger charge is 2.11. The maximum absolute atomic E-state index is 12.1. The number of amides is 1. The maximum Gasteiger partial charge on any atom is 0.257 e. The van der Waals surface area contributed by atoms with Crippen molar-refractivity contribution in [1.29, 1.82) is 0 Å². The SMILES string of the molecule is CCNc1cc(C(=O)Nc2cc(C)on2)cc(C)n1. The Labute approximate surface area is 111 Å². The minimum absolute atomic E-state index is 0.238. The Hall–Kier alpha value is -2.37. The van der Waals surface area contributed by atoms with Gasteiger partial charge in [0.25, 0.3) is 5.91 Å². The highest BCUT2D eigenvalue weighted by molar-refractivity contribution is 6.04. The van der Waals surface area contributed by atoms with Crippen molar-refractivity contribution < 1.29 is 9.32 Å². The largest absolute Gasteiger partial charge is 0.370 e. The molecule has 100 valence electrons. The Kier molecular flexibility index (Phi) is 3.79. The molecule has 2 N–H and O–H groups in total. The second kappa shape index (κ2) is 5.51. The van der Waals surface area contributed by atoms with Gasteiger partial charge in [0.1, 0.15) is 11.6 Å². The van der Waals surface area contributed by atoms with Crippen LogP contribution in [0.5, 0.6) is 0 Å². The molecule has 0 unspecified atom stereocenters. The molecule has 2 heterocycles. The molecule has 6 nitrogen and oxygen atoms in total. The van der Waals surface area contributed by atoms with Gasteiger partial charge >= 0.3 is 0 Å². The molecule has 2 rings (SSSR count). The van der Waals surface area contributed by atoms with Gasteiger partial charge in [-0.1, -0.05) is 5.16 Å². The van der Waals surface area contributed by atoms with Crippen molar-refractivity contribution in [3.8, 4) is 0 Å². The average Bonchev–Trinajstić information content (AvgIpc) is 2.74. The van der Waals surface area contributed by atoms with Gasteiger partial charge in [-0.25, -0.2) is 4.98 Å². The Bertz CT molecular complexity index is 592. The zero-order chi connectivity index (χ0) is 13.8. The molecule has 0 aliphatic carbocycles. The normalized spacial score (nSPS) is 10.3. The fourth-order valence-electron chi connectivity index (χ4n) is 1.69. The first-order valence-electron chi connectivity index (χ1n) is 6.05. The highest BCUT2D eigenvalue weighted by Crippen LogP contribution is 2.13. The lowest BCUT2D eigenvalue weighted by Crippen LogP contribution is -2.13. The molecule has 0 aliphatic heterocycles. The van der Waals surface area contributed by atoms with Gasteiger partial charge in [0.15, 0.2) is 5.82 Å². The van der Waals surface area contributed by atoms with Crippen molar-refractivity contribution in [2.45, 2.75) is 20.8 Å². The lowest BCUT2D eigenvalue weighted by molar-refractivity contribution is 0.102.